The Morgan fingerprint density at radius 2 is 1.77 bits per heavy atom. The van der Waals surface area contributed by atoms with Crippen molar-refractivity contribution < 1.29 is 19.1 Å². The number of rotatable bonds is 7. The fourth-order valence-electron chi connectivity index (χ4n) is 3.70. The summed E-state index contributed by atoms with van der Waals surface area (Å²) in [5.41, 5.74) is 1.03. The minimum atomic E-state index is -0.175. The van der Waals surface area contributed by atoms with Crippen LogP contribution in [0.5, 0.6) is 11.5 Å². The second-order valence-corrected chi connectivity index (χ2v) is 6.83. The topological polar surface area (TPSA) is 59.1 Å². The summed E-state index contributed by atoms with van der Waals surface area (Å²) in [6, 6.07) is 5.79. The van der Waals surface area contributed by atoms with Crippen LogP contribution >= 0.6 is 0 Å². The standard InChI is InChI=1S/C20H26N2O4/c1-4-26-17-10-9-14(11-18(17)25-3)12-21(2)13-22-19(23)15-7-5-6-8-16(15)20(22)24/h5-6,9-11,15-16H,4,7-8,12-13H2,1-3H3/t15-,16-/m0/s1. The molecule has 0 aromatic heterocycles. The summed E-state index contributed by atoms with van der Waals surface area (Å²) in [6.45, 7) is 3.41. The molecule has 2 amide bonds. The van der Waals surface area contributed by atoms with E-state index in [-0.39, 0.29) is 23.7 Å². The summed E-state index contributed by atoms with van der Waals surface area (Å²) in [5.74, 6) is 0.963. The van der Waals surface area contributed by atoms with Crippen LogP contribution in [0.25, 0.3) is 0 Å². The van der Waals surface area contributed by atoms with Gasteiger partial charge in [0.05, 0.1) is 32.2 Å². The summed E-state index contributed by atoms with van der Waals surface area (Å²) in [4.78, 5) is 28.5. The van der Waals surface area contributed by atoms with Gasteiger partial charge in [-0.05, 0) is 44.5 Å². The molecule has 1 aliphatic heterocycles. The average molecular weight is 358 g/mol. The van der Waals surface area contributed by atoms with Crippen LogP contribution in [-0.2, 0) is 16.1 Å². The maximum absolute atomic E-state index is 12.6. The van der Waals surface area contributed by atoms with E-state index in [9.17, 15) is 9.59 Å². The molecule has 0 N–H and O–H groups in total. The third-order valence-corrected chi connectivity index (χ3v) is 4.96. The van der Waals surface area contributed by atoms with Crippen molar-refractivity contribution in [1.29, 1.82) is 0 Å². The number of fused-ring (bicyclic) bond motifs is 1. The van der Waals surface area contributed by atoms with Gasteiger partial charge in [0, 0.05) is 6.54 Å². The van der Waals surface area contributed by atoms with Gasteiger partial charge in [-0.3, -0.25) is 19.4 Å². The maximum atomic E-state index is 12.6. The molecule has 140 valence electrons. The molecule has 0 radical (unpaired) electrons. The first-order valence-corrected chi connectivity index (χ1v) is 9.03. The molecule has 1 aliphatic carbocycles. The van der Waals surface area contributed by atoms with Crippen molar-refractivity contribution in [2.45, 2.75) is 26.3 Å². The number of methoxy groups -OCH3 is 1. The van der Waals surface area contributed by atoms with E-state index in [1.165, 1.54) is 4.90 Å². The number of carbonyl (C=O) groups excluding carboxylic acids is 2. The Morgan fingerprint density at radius 3 is 2.35 bits per heavy atom. The number of carbonyl (C=O) groups is 2. The van der Waals surface area contributed by atoms with E-state index in [1.807, 2.05) is 49.2 Å². The zero-order valence-corrected chi connectivity index (χ0v) is 15.6. The number of benzene rings is 1. The zero-order chi connectivity index (χ0) is 18.7. The lowest BCUT2D eigenvalue weighted by molar-refractivity contribution is -0.142. The Kier molecular flexibility index (Phi) is 5.61. The van der Waals surface area contributed by atoms with Crippen LogP contribution in [0.2, 0.25) is 0 Å². The van der Waals surface area contributed by atoms with E-state index in [4.69, 9.17) is 9.47 Å². The van der Waals surface area contributed by atoms with Crippen molar-refractivity contribution in [3.05, 3.63) is 35.9 Å². The molecule has 1 aromatic carbocycles. The van der Waals surface area contributed by atoms with Crippen LogP contribution in [0.4, 0.5) is 0 Å². The van der Waals surface area contributed by atoms with Crippen LogP contribution in [0.3, 0.4) is 0 Å². The van der Waals surface area contributed by atoms with Crippen LogP contribution in [0.15, 0.2) is 30.4 Å². The fraction of sp³-hybridized carbons (Fsp3) is 0.500. The van der Waals surface area contributed by atoms with Gasteiger partial charge in [0.1, 0.15) is 0 Å². The molecule has 6 nitrogen and oxygen atoms in total. The van der Waals surface area contributed by atoms with Gasteiger partial charge in [-0.25, -0.2) is 0 Å². The number of imide groups is 1. The van der Waals surface area contributed by atoms with Gasteiger partial charge < -0.3 is 9.47 Å². The lowest BCUT2D eigenvalue weighted by Crippen LogP contribution is -2.40. The minimum Gasteiger partial charge on any atom is -0.493 e. The van der Waals surface area contributed by atoms with Crippen molar-refractivity contribution in [1.82, 2.24) is 9.80 Å². The normalized spacial score (nSPS) is 22.1. The van der Waals surface area contributed by atoms with Gasteiger partial charge in [0.2, 0.25) is 11.8 Å². The summed E-state index contributed by atoms with van der Waals surface area (Å²) in [5, 5.41) is 0. The number of likely N-dealkylation sites (tertiary alicyclic amines) is 1. The van der Waals surface area contributed by atoms with Crippen LogP contribution in [0.1, 0.15) is 25.3 Å². The highest BCUT2D eigenvalue weighted by atomic mass is 16.5. The zero-order valence-electron chi connectivity index (χ0n) is 15.6. The predicted molar refractivity (Wildman–Crippen MR) is 97.7 cm³/mol. The molecule has 1 saturated heterocycles. The third kappa shape index (κ3) is 3.60. The number of amides is 2. The molecule has 1 fully saturated rings. The molecule has 6 heteroatoms. The molecule has 26 heavy (non-hydrogen) atoms. The highest BCUT2D eigenvalue weighted by Gasteiger charge is 2.47. The average Bonchev–Trinajstić information content (AvgIpc) is 2.88. The molecule has 0 bridgehead atoms. The van der Waals surface area contributed by atoms with Crippen molar-refractivity contribution in [2.75, 3.05) is 27.4 Å². The molecular formula is C20H26N2O4. The fourth-order valence-corrected chi connectivity index (χ4v) is 3.70. The molecule has 1 aromatic rings. The van der Waals surface area contributed by atoms with Crippen LogP contribution < -0.4 is 9.47 Å². The summed E-state index contributed by atoms with van der Waals surface area (Å²) >= 11 is 0. The quantitative estimate of drug-likeness (QED) is 0.553. The highest BCUT2D eigenvalue weighted by Crippen LogP contribution is 2.35. The summed E-state index contributed by atoms with van der Waals surface area (Å²) in [7, 11) is 3.52. The first kappa shape index (κ1) is 18.5. The lowest BCUT2D eigenvalue weighted by atomic mass is 9.85. The number of nitrogens with zero attached hydrogens (tertiary/aromatic N) is 2. The van der Waals surface area contributed by atoms with Gasteiger partial charge in [-0.15, -0.1) is 0 Å². The van der Waals surface area contributed by atoms with E-state index < -0.39 is 0 Å². The molecular weight excluding hydrogens is 332 g/mol. The van der Waals surface area contributed by atoms with E-state index >= 15 is 0 Å². The van der Waals surface area contributed by atoms with Gasteiger partial charge in [0.15, 0.2) is 11.5 Å². The Labute approximate surface area is 154 Å². The highest BCUT2D eigenvalue weighted by molar-refractivity contribution is 6.05. The first-order chi connectivity index (χ1) is 12.5. The van der Waals surface area contributed by atoms with Crippen LogP contribution in [0, 0.1) is 11.8 Å². The van der Waals surface area contributed by atoms with Crippen LogP contribution in [-0.4, -0.2) is 49.0 Å². The van der Waals surface area contributed by atoms with Gasteiger partial charge in [0.25, 0.3) is 0 Å². The van der Waals surface area contributed by atoms with Gasteiger partial charge in [-0.1, -0.05) is 18.2 Å². The van der Waals surface area contributed by atoms with Gasteiger partial charge in [-0.2, -0.15) is 0 Å². The maximum Gasteiger partial charge on any atom is 0.234 e. The first-order valence-electron chi connectivity index (χ1n) is 9.03. The molecule has 1 heterocycles. The van der Waals surface area contributed by atoms with Crippen molar-refractivity contribution in [2.24, 2.45) is 11.8 Å². The third-order valence-electron chi connectivity index (χ3n) is 4.96. The number of hydrogen-bond donors (Lipinski definition) is 0. The van der Waals surface area contributed by atoms with E-state index in [1.54, 1.807) is 7.11 Å². The van der Waals surface area contributed by atoms with Crippen molar-refractivity contribution in [3.63, 3.8) is 0 Å². The molecule has 0 saturated carbocycles. The Morgan fingerprint density at radius 1 is 1.12 bits per heavy atom. The van der Waals surface area contributed by atoms with E-state index in [0.29, 0.717) is 44.2 Å². The lowest BCUT2D eigenvalue weighted by Gasteiger charge is -2.23. The molecule has 2 atom stereocenters. The Balaban J connectivity index is 1.65. The molecule has 2 aliphatic rings. The summed E-state index contributed by atoms with van der Waals surface area (Å²) < 4.78 is 10.9. The van der Waals surface area contributed by atoms with Crippen molar-refractivity contribution >= 4 is 11.8 Å². The Bertz CT molecular complexity index is 690. The molecule has 0 spiro atoms. The largest absolute Gasteiger partial charge is 0.493 e. The summed E-state index contributed by atoms with van der Waals surface area (Å²) in [6.07, 6.45) is 5.36. The molecule has 0 unspecified atom stereocenters. The number of allylic oxidation sites excluding steroid dienone is 2. The minimum absolute atomic E-state index is 0.0412. The predicted octanol–water partition coefficient (Wildman–Crippen LogP) is 2.43. The molecule has 3 rings (SSSR count). The smallest absolute Gasteiger partial charge is 0.234 e. The monoisotopic (exact) mass is 358 g/mol. The number of ether oxygens (including phenoxy) is 2. The second kappa shape index (κ2) is 7.91. The van der Waals surface area contributed by atoms with E-state index in [0.717, 1.165) is 5.56 Å². The SMILES string of the molecule is CCOc1ccc(CN(C)CN2C(=O)[C@H]3CC=CC[C@@H]3C2=O)cc1OC. The number of hydrogen-bond acceptors (Lipinski definition) is 5. The van der Waals surface area contributed by atoms with Gasteiger partial charge >= 0.3 is 0 Å². The van der Waals surface area contributed by atoms with E-state index in [2.05, 4.69) is 0 Å². The second-order valence-electron chi connectivity index (χ2n) is 6.83. The van der Waals surface area contributed by atoms with Crippen molar-refractivity contribution in [3.8, 4) is 11.5 Å². The Hall–Kier alpha value is -2.34.